The maximum atomic E-state index is 12.0. The van der Waals surface area contributed by atoms with Gasteiger partial charge in [-0.15, -0.1) is 0 Å². The largest absolute Gasteiger partial charge is 0.388 e. The first-order valence-electron chi connectivity index (χ1n) is 8.11. The molecule has 0 aliphatic carbocycles. The van der Waals surface area contributed by atoms with Crippen molar-refractivity contribution in [2.75, 3.05) is 0 Å². The Morgan fingerprint density at radius 1 is 1.29 bits per heavy atom. The second kappa shape index (κ2) is 7.57. The van der Waals surface area contributed by atoms with E-state index < -0.39 is 6.10 Å². The summed E-state index contributed by atoms with van der Waals surface area (Å²) >= 11 is 0. The number of benzene rings is 1. The highest BCUT2D eigenvalue weighted by Gasteiger charge is 2.17. The summed E-state index contributed by atoms with van der Waals surface area (Å²) in [5.74, 6) is 0.277. The van der Waals surface area contributed by atoms with Crippen LogP contribution in [0.4, 0.5) is 0 Å². The minimum atomic E-state index is -0.662. The van der Waals surface area contributed by atoms with Crippen molar-refractivity contribution in [3.05, 3.63) is 47.6 Å². The summed E-state index contributed by atoms with van der Waals surface area (Å²) in [7, 11) is 0. The van der Waals surface area contributed by atoms with Gasteiger partial charge in [0.15, 0.2) is 5.82 Å². The summed E-state index contributed by atoms with van der Waals surface area (Å²) in [6.45, 7) is 8.22. The molecule has 0 aliphatic heterocycles. The van der Waals surface area contributed by atoms with Crippen LogP contribution in [0, 0.1) is 0 Å². The molecule has 0 fully saturated rings. The van der Waals surface area contributed by atoms with Crippen LogP contribution in [0.15, 0.2) is 35.2 Å². The van der Waals surface area contributed by atoms with E-state index in [0.29, 0.717) is 12.2 Å². The van der Waals surface area contributed by atoms with Crippen LogP contribution < -0.4 is 5.32 Å². The summed E-state index contributed by atoms with van der Waals surface area (Å²) in [4.78, 5) is 15.9. The van der Waals surface area contributed by atoms with Gasteiger partial charge >= 0.3 is 0 Å². The Hall–Kier alpha value is -2.21. The molecule has 0 spiro atoms. The molecule has 24 heavy (non-hydrogen) atoms. The lowest BCUT2D eigenvalue weighted by molar-refractivity contribution is -0.122. The van der Waals surface area contributed by atoms with Gasteiger partial charge in [0.25, 0.3) is 0 Å². The smallest absolute Gasteiger partial charge is 0.220 e. The van der Waals surface area contributed by atoms with Gasteiger partial charge in [-0.1, -0.05) is 50.2 Å². The molecular formula is C18H25N3O3. The molecule has 2 rings (SSSR count). The van der Waals surface area contributed by atoms with Crippen LogP contribution >= 0.6 is 0 Å². The molecule has 2 unspecified atom stereocenters. The average molecular weight is 331 g/mol. The summed E-state index contributed by atoms with van der Waals surface area (Å²) in [6, 6.07) is 7.57. The Bertz CT molecular complexity index is 645. The number of hydrogen-bond acceptors (Lipinski definition) is 5. The average Bonchev–Trinajstić information content (AvgIpc) is 3.06. The lowest BCUT2D eigenvalue weighted by Crippen LogP contribution is -2.27. The number of carbonyl (C=O) groups excluding carboxylic acids is 1. The molecule has 0 saturated carbocycles. The van der Waals surface area contributed by atoms with Crippen molar-refractivity contribution in [2.45, 2.75) is 58.1 Å². The lowest BCUT2D eigenvalue weighted by atomic mass is 9.86. The molecule has 1 aromatic heterocycles. The molecule has 2 aromatic rings. The van der Waals surface area contributed by atoms with E-state index in [2.05, 4.69) is 40.8 Å². The van der Waals surface area contributed by atoms with E-state index in [4.69, 9.17) is 0 Å². The Morgan fingerprint density at radius 2 is 1.96 bits per heavy atom. The van der Waals surface area contributed by atoms with Crippen LogP contribution in [0.5, 0.6) is 0 Å². The van der Waals surface area contributed by atoms with E-state index in [1.807, 2.05) is 24.3 Å². The zero-order valence-electron chi connectivity index (χ0n) is 14.6. The fourth-order valence-electron chi connectivity index (χ4n) is 2.39. The third kappa shape index (κ3) is 4.89. The van der Waals surface area contributed by atoms with Crippen molar-refractivity contribution in [3.8, 4) is 0 Å². The van der Waals surface area contributed by atoms with Crippen LogP contribution in [0.3, 0.4) is 0 Å². The number of nitrogens with zero attached hydrogens (tertiary/aromatic N) is 2. The highest BCUT2D eigenvalue weighted by molar-refractivity contribution is 5.76. The van der Waals surface area contributed by atoms with Gasteiger partial charge in [0.2, 0.25) is 12.3 Å². The highest BCUT2D eigenvalue weighted by Crippen LogP contribution is 2.25. The van der Waals surface area contributed by atoms with Crippen molar-refractivity contribution in [1.29, 1.82) is 0 Å². The van der Waals surface area contributed by atoms with E-state index in [9.17, 15) is 9.90 Å². The normalized spacial score (nSPS) is 14.2. The third-order valence-corrected chi connectivity index (χ3v) is 3.95. The van der Waals surface area contributed by atoms with Crippen molar-refractivity contribution in [1.82, 2.24) is 15.5 Å². The molecule has 0 aliphatic rings. The number of aliphatic hydroxyl groups excluding tert-OH is 1. The van der Waals surface area contributed by atoms with E-state index in [0.717, 1.165) is 5.56 Å². The Morgan fingerprint density at radius 3 is 2.50 bits per heavy atom. The molecular weight excluding hydrogens is 306 g/mol. The number of carbonyl (C=O) groups is 1. The topological polar surface area (TPSA) is 88.2 Å². The summed E-state index contributed by atoms with van der Waals surface area (Å²) in [6.07, 6.45) is 1.15. The molecule has 6 nitrogen and oxygen atoms in total. The second-order valence-corrected chi connectivity index (χ2v) is 7.01. The van der Waals surface area contributed by atoms with E-state index in [1.54, 1.807) is 6.92 Å². The van der Waals surface area contributed by atoms with Gasteiger partial charge in [-0.2, -0.15) is 4.98 Å². The molecule has 2 N–H and O–H groups in total. The fourth-order valence-corrected chi connectivity index (χ4v) is 2.39. The molecule has 130 valence electrons. The minimum absolute atomic E-state index is 0.0780. The van der Waals surface area contributed by atoms with Crippen LogP contribution in [-0.2, 0) is 10.2 Å². The Labute approximate surface area is 142 Å². The van der Waals surface area contributed by atoms with Gasteiger partial charge in [-0.05, 0) is 29.9 Å². The van der Waals surface area contributed by atoms with Crippen molar-refractivity contribution < 1.29 is 14.4 Å². The van der Waals surface area contributed by atoms with Gasteiger partial charge in [0, 0.05) is 6.42 Å². The van der Waals surface area contributed by atoms with Crippen molar-refractivity contribution in [2.24, 2.45) is 0 Å². The third-order valence-electron chi connectivity index (χ3n) is 3.95. The predicted octanol–water partition coefficient (Wildman–Crippen LogP) is 3.06. The van der Waals surface area contributed by atoms with Gasteiger partial charge in [-0.25, -0.2) is 0 Å². The van der Waals surface area contributed by atoms with E-state index in [1.165, 1.54) is 12.0 Å². The second-order valence-electron chi connectivity index (χ2n) is 7.01. The maximum absolute atomic E-state index is 12.0. The number of aromatic nitrogens is 2. The molecule has 0 saturated heterocycles. The maximum Gasteiger partial charge on any atom is 0.220 e. The predicted molar refractivity (Wildman–Crippen MR) is 90.2 cm³/mol. The number of rotatable bonds is 6. The Kier molecular flexibility index (Phi) is 5.72. The van der Waals surface area contributed by atoms with Gasteiger partial charge < -0.3 is 14.9 Å². The fraction of sp³-hybridized carbons (Fsp3) is 0.500. The Balaban J connectivity index is 1.84. The SMILES string of the molecule is CC(NC(=O)CCC(O)c1ccc(C(C)(C)C)cc1)c1ncon1. The van der Waals surface area contributed by atoms with Crippen LogP contribution in [-0.4, -0.2) is 21.2 Å². The number of hydrogen-bond donors (Lipinski definition) is 2. The van der Waals surface area contributed by atoms with Crippen molar-refractivity contribution >= 4 is 5.91 Å². The standard InChI is InChI=1S/C18H25N3O3/c1-12(17-19-11-24-21-17)20-16(23)10-9-15(22)13-5-7-14(8-6-13)18(2,3)4/h5-8,11-12,15,22H,9-10H2,1-4H3,(H,20,23). The highest BCUT2D eigenvalue weighted by atomic mass is 16.5. The zero-order valence-corrected chi connectivity index (χ0v) is 14.6. The van der Waals surface area contributed by atoms with E-state index >= 15 is 0 Å². The zero-order chi connectivity index (χ0) is 17.7. The molecule has 6 heteroatoms. The molecule has 0 radical (unpaired) electrons. The van der Waals surface area contributed by atoms with Crippen LogP contribution in [0.2, 0.25) is 0 Å². The van der Waals surface area contributed by atoms with Gasteiger partial charge in [-0.3, -0.25) is 4.79 Å². The minimum Gasteiger partial charge on any atom is -0.388 e. The number of aliphatic hydroxyl groups is 1. The van der Waals surface area contributed by atoms with Crippen molar-refractivity contribution in [3.63, 3.8) is 0 Å². The summed E-state index contributed by atoms with van der Waals surface area (Å²) in [5.41, 5.74) is 2.11. The van der Waals surface area contributed by atoms with Crippen LogP contribution in [0.25, 0.3) is 0 Å². The number of amides is 1. The molecule has 1 amide bonds. The molecule has 1 aromatic carbocycles. The quantitative estimate of drug-likeness (QED) is 0.849. The lowest BCUT2D eigenvalue weighted by Gasteiger charge is -2.20. The summed E-state index contributed by atoms with van der Waals surface area (Å²) < 4.78 is 4.65. The monoisotopic (exact) mass is 331 g/mol. The first-order chi connectivity index (χ1) is 11.3. The van der Waals surface area contributed by atoms with Gasteiger partial charge in [0.1, 0.15) is 0 Å². The molecule has 2 atom stereocenters. The van der Waals surface area contributed by atoms with Gasteiger partial charge in [0.05, 0.1) is 12.1 Å². The molecule has 1 heterocycles. The first kappa shape index (κ1) is 18.1. The first-order valence-corrected chi connectivity index (χ1v) is 8.11. The molecule has 0 bridgehead atoms. The van der Waals surface area contributed by atoms with E-state index in [-0.39, 0.29) is 23.8 Å². The summed E-state index contributed by atoms with van der Waals surface area (Å²) in [5, 5.41) is 16.7. The number of nitrogens with one attached hydrogen (secondary N) is 1. The van der Waals surface area contributed by atoms with Crippen LogP contribution in [0.1, 0.15) is 69.6 Å².